The van der Waals surface area contributed by atoms with E-state index in [4.69, 9.17) is 11.6 Å². The molecule has 0 aliphatic carbocycles. The van der Waals surface area contributed by atoms with E-state index in [0.717, 1.165) is 28.5 Å². The van der Waals surface area contributed by atoms with Crippen molar-refractivity contribution < 1.29 is 0 Å². The lowest BCUT2D eigenvalue weighted by atomic mass is 10.2. The summed E-state index contributed by atoms with van der Waals surface area (Å²) in [7, 11) is 0. The van der Waals surface area contributed by atoms with Crippen molar-refractivity contribution in [3.8, 4) is 5.69 Å². The highest BCUT2D eigenvalue weighted by Crippen LogP contribution is 2.19. The predicted octanol–water partition coefficient (Wildman–Crippen LogP) is 3.33. The summed E-state index contributed by atoms with van der Waals surface area (Å²) in [5.41, 5.74) is 3.22. The average molecular weight is 264 g/mol. The molecule has 0 bridgehead atoms. The molecule has 2 aromatic rings. The summed E-state index contributed by atoms with van der Waals surface area (Å²) in [6.07, 6.45) is 1.97. The molecule has 18 heavy (non-hydrogen) atoms. The maximum atomic E-state index is 6.02. The molecule has 0 spiro atoms. The molecule has 1 aromatic heterocycles. The molecule has 96 valence electrons. The van der Waals surface area contributed by atoms with E-state index >= 15 is 0 Å². The first-order valence-electron chi connectivity index (χ1n) is 6.10. The fraction of sp³-hybridized carbons (Fsp3) is 0.357. The van der Waals surface area contributed by atoms with Crippen molar-refractivity contribution in [3.05, 3.63) is 46.7 Å². The van der Waals surface area contributed by atoms with Crippen LogP contribution in [0.1, 0.15) is 25.1 Å². The van der Waals surface area contributed by atoms with Crippen LogP contribution in [0.15, 0.2) is 30.5 Å². The molecule has 0 saturated carbocycles. The number of benzene rings is 1. The largest absolute Gasteiger partial charge is 0.309 e. The molecule has 0 aliphatic heterocycles. The van der Waals surface area contributed by atoms with Gasteiger partial charge in [0.05, 0.1) is 11.4 Å². The monoisotopic (exact) mass is 263 g/mol. The van der Waals surface area contributed by atoms with E-state index in [1.54, 1.807) is 0 Å². The highest BCUT2D eigenvalue weighted by Gasteiger charge is 2.05. The topological polar surface area (TPSA) is 29.9 Å². The van der Waals surface area contributed by atoms with E-state index in [-0.39, 0.29) is 0 Å². The minimum absolute atomic E-state index is 0.461. The number of nitrogens with zero attached hydrogens (tertiary/aromatic N) is 2. The lowest BCUT2D eigenvalue weighted by Gasteiger charge is -2.07. The first-order valence-corrected chi connectivity index (χ1v) is 6.48. The molecule has 1 N–H and O–H groups in total. The Morgan fingerprint density at radius 3 is 2.83 bits per heavy atom. The van der Waals surface area contributed by atoms with Gasteiger partial charge in [-0.15, -0.1) is 0 Å². The van der Waals surface area contributed by atoms with Gasteiger partial charge in [0.2, 0.25) is 0 Å². The van der Waals surface area contributed by atoms with Crippen LogP contribution in [0.3, 0.4) is 0 Å². The average Bonchev–Trinajstić information content (AvgIpc) is 2.78. The van der Waals surface area contributed by atoms with E-state index in [2.05, 4.69) is 31.2 Å². The second-order valence-corrected chi connectivity index (χ2v) is 5.15. The van der Waals surface area contributed by atoms with Crippen LogP contribution < -0.4 is 5.32 Å². The zero-order valence-electron chi connectivity index (χ0n) is 10.9. The first kappa shape index (κ1) is 13.1. The number of nitrogens with one attached hydrogen (secondary N) is 1. The van der Waals surface area contributed by atoms with Crippen LogP contribution in [0.2, 0.25) is 5.02 Å². The van der Waals surface area contributed by atoms with E-state index < -0.39 is 0 Å². The van der Waals surface area contributed by atoms with E-state index in [9.17, 15) is 0 Å². The molecule has 3 nitrogen and oxygen atoms in total. The van der Waals surface area contributed by atoms with Crippen molar-refractivity contribution in [1.29, 1.82) is 0 Å². The maximum Gasteiger partial charge on any atom is 0.0766 e. The van der Waals surface area contributed by atoms with Gasteiger partial charge in [0.25, 0.3) is 0 Å². The van der Waals surface area contributed by atoms with Crippen LogP contribution in [0.5, 0.6) is 0 Å². The van der Waals surface area contributed by atoms with Crippen LogP contribution >= 0.6 is 11.6 Å². The zero-order valence-corrected chi connectivity index (χ0v) is 11.7. The summed E-state index contributed by atoms with van der Waals surface area (Å²) in [6, 6.07) is 8.32. The summed E-state index contributed by atoms with van der Waals surface area (Å²) >= 11 is 6.02. The Kier molecular flexibility index (Phi) is 4.04. The van der Waals surface area contributed by atoms with Gasteiger partial charge in [-0.05, 0) is 30.7 Å². The van der Waals surface area contributed by atoms with Crippen molar-refractivity contribution in [3.63, 3.8) is 0 Å². The Balaban J connectivity index is 2.21. The molecule has 1 aromatic carbocycles. The van der Waals surface area contributed by atoms with Crippen molar-refractivity contribution in [1.82, 2.24) is 15.1 Å². The number of rotatable bonds is 4. The summed E-state index contributed by atoms with van der Waals surface area (Å²) in [4.78, 5) is 0. The van der Waals surface area contributed by atoms with Crippen LogP contribution in [0, 0.1) is 6.92 Å². The van der Waals surface area contributed by atoms with Crippen LogP contribution in [-0.2, 0) is 6.54 Å². The molecule has 0 fully saturated rings. The van der Waals surface area contributed by atoms with E-state index in [1.807, 2.05) is 35.1 Å². The van der Waals surface area contributed by atoms with Gasteiger partial charge in [-0.3, -0.25) is 0 Å². The number of hydrogen-bond donors (Lipinski definition) is 1. The van der Waals surface area contributed by atoms with Crippen LogP contribution in [-0.4, -0.2) is 15.8 Å². The number of aryl methyl sites for hydroxylation is 1. The van der Waals surface area contributed by atoms with Gasteiger partial charge in [0.15, 0.2) is 0 Å². The Labute approximate surface area is 113 Å². The Hall–Kier alpha value is -1.32. The molecular weight excluding hydrogens is 246 g/mol. The molecule has 0 aliphatic rings. The smallest absolute Gasteiger partial charge is 0.0766 e. The van der Waals surface area contributed by atoms with E-state index in [0.29, 0.717) is 6.04 Å². The Bertz CT molecular complexity index is 532. The summed E-state index contributed by atoms with van der Waals surface area (Å²) in [6.45, 7) is 7.08. The Morgan fingerprint density at radius 2 is 2.11 bits per heavy atom. The fourth-order valence-electron chi connectivity index (χ4n) is 1.73. The molecule has 0 atom stereocenters. The summed E-state index contributed by atoms with van der Waals surface area (Å²) < 4.78 is 1.87. The first-order chi connectivity index (χ1) is 8.56. The minimum Gasteiger partial charge on any atom is -0.309 e. The second kappa shape index (κ2) is 5.55. The summed E-state index contributed by atoms with van der Waals surface area (Å²) in [5.74, 6) is 0. The van der Waals surface area contributed by atoms with Crippen molar-refractivity contribution >= 4 is 11.6 Å². The van der Waals surface area contributed by atoms with Gasteiger partial charge >= 0.3 is 0 Å². The third-order valence-corrected chi connectivity index (χ3v) is 2.99. The zero-order chi connectivity index (χ0) is 13.1. The third-order valence-electron chi connectivity index (χ3n) is 2.75. The minimum atomic E-state index is 0.461. The van der Waals surface area contributed by atoms with Crippen molar-refractivity contribution in [2.75, 3.05) is 0 Å². The molecule has 0 saturated heterocycles. The van der Waals surface area contributed by atoms with Gasteiger partial charge in [0, 0.05) is 23.8 Å². The highest BCUT2D eigenvalue weighted by atomic mass is 35.5. The summed E-state index contributed by atoms with van der Waals surface area (Å²) in [5, 5.41) is 8.63. The van der Waals surface area contributed by atoms with Crippen molar-refractivity contribution in [2.24, 2.45) is 0 Å². The lowest BCUT2D eigenvalue weighted by Crippen LogP contribution is -2.22. The Morgan fingerprint density at radius 1 is 1.33 bits per heavy atom. The number of hydrogen-bond acceptors (Lipinski definition) is 2. The van der Waals surface area contributed by atoms with Gasteiger partial charge in [-0.1, -0.05) is 31.5 Å². The standard InChI is InChI=1S/C14H18ClN3/c1-10(2)16-9-13-6-7-18(17-13)14-8-12(15)5-4-11(14)3/h4-8,10,16H,9H2,1-3H3. The molecule has 0 radical (unpaired) electrons. The fourth-order valence-corrected chi connectivity index (χ4v) is 1.89. The van der Waals surface area contributed by atoms with Crippen molar-refractivity contribution in [2.45, 2.75) is 33.4 Å². The molecule has 1 heterocycles. The number of aromatic nitrogens is 2. The van der Waals surface area contributed by atoms with Gasteiger partial charge in [0.1, 0.15) is 0 Å². The highest BCUT2D eigenvalue weighted by molar-refractivity contribution is 6.30. The van der Waals surface area contributed by atoms with Crippen LogP contribution in [0.25, 0.3) is 5.69 Å². The molecular formula is C14H18ClN3. The van der Waals surface area contributed by atoms with Gasteiger partial charge in [-0.25, -0.2) is 4.68 Å². The third kappa shape index (κ3) is 3.12. The molecule has 0 unspecified atom stereocenters. The number of halogens is 1. The predicted molar refractivity (Wildman–Crippen MR) is 75.3 cm³/mol. The maximum absolute atomic E-state index is 6.02. The lowest BCUT2D eigenvalue weighted by molar-refractivity contribution is 0.578. The van der Waals surface area contributed by atoms with Gasteiger partial charge in [-0.2, -0.15) is 5.10 Å². The van der Waals surface area contributed by atoms with Crippen LogP contribution in [0.4, 0.5) is 0 Å². The second-order valence-electron chi connectivity index (χ2n) is 4.72. The molecule has 2 rings (SSSR count). The normalized spacial score (nSPS) is 11.2. The SMILES string of the molecule is Cc1ccc(Cl)cc1-n1ccc(CNC(C)C)n1. The van der Waals surface area contributed by atoms with Gasteiger partial charge < -0.3 is 5.32 Å². The molecule has 4 heteroatoms. The molecule has 0 amide bonds. The van der Waals surface area contributed by atoms with E-state index in [1.165, 1.54) is 0 Å². The quantitative estimate of drug-likeness (QED) is 0.917.